The average molecular weight is 274 g/mol. The second-order valence-corrected chi connectivity index (χ2v) is 6.18. The van der Waals surface area contributed by atoms with Crippen LogP contribution in [0.4, 0.5) is 0 Å². The van der Waals surface area contributed by atoms with Crippen LogP contribution in [0.15, 0.2) is 18.2 Å². The zero-order valence-corrected chi connectivity index (χ0v) is 12.6. The lowest BCUT2D eigenvalue weighted by atomic mass is 9.85. The molecule has 0 fully saturated rings. The van der Waals surface area contributed by atoms with Crippen LogP contribution in [0.1, 0.15) is 38.6 Å². The molecule has 0 aliphatic rings. The van der Waals surface area contributed by atoms with E-state index in [9.17, 15) is 4.79 Å². The largest absolute Gasteiger partial charge is 0.481 e. The van der Waals surface area contributed by atoms with Gasteiger partial charge in [0.1, 0.15) is 5.82 Å². The summed E-state index contributed by atoms with van der Waals surface area (Å²) in [5.74, 6) is 0.212. The molecule has 4 nitrogen and oxygen atoms in total. The summed E-state index contributed by atoms with van der Waals surface area (Å²) in [7, 11) is 0. The molecule has 1 aromatic heterocycles. The Balaban J connectivity index is 2.41. The molecule has 0 aliphatic carbocycles. The van der Waals surface area contributed by atoms with Gasteiger partial charge in [0.25, 0.3) is 0 Å². The van der Waals surface area contributed by atoms with Gasteiger partial charge in [0.15, 0.2) is 0 Å². The molecule has 1 aromatic carbocycles. The predicted molar refractivity (Wildman–Crippen MR) is 79.9 cm³/mol. The highest BCUT2D eigenvalue weighted by Gasteiger charge is 2.25. The van der Waals surface area contributed by atoms with E-state index in [-0.39, 0.29) is 11.8 Å². The maximum Gasteiger partial charge on any atom is 0.303 e. The van der Waals surface area contributed by atoms with Gasteiger partial charge < -0.3 is 9.67 Å². The number of hydrogen-bond acceptors (Lipinski definition) is 2. The minimum atomic E-state index is -0.759. The van der Waals surface area contributed by atoms with Crippen molar-refractivity contribution < 1.29 is 9.90 Å². The molecule has 0 spiro atoms. The molecule has 0 atom stereocenters. The van der Waals surface area contributed by atoms with Crippen molar-refractivity contribution in [3.05, 3.63) is 29.6 Å². The molecule has 0 unspecified atom stereocenters. The van der Waals surface area contributed by atoms with E-state index in [0.29, 0.717) is 6.42 Å². The molecule has 0 saturated heterocycles. The summed E-state index contributed by atoms with van der Waals surface area (Å²) in [4.78, 5) is 15.7. The lowest BCUT2D eigenvalue weighted by Gasteiger charge is -2.22. The smallest absolute Gasteiger partial charge is 0.303 e. The monoisotopic (exact) mass is 274 g/mol. The standard InChI is InChI=1S/C16H22N2O2/c1-5-18-13-7-6-11(2)8-12(13)17-14(18)9-16(3,4)10-15(19)20/h6-8H,5,9-10H2,1-4H3,(H,19,20). The van der Waals surface area contributed by atoms with Gasteiger partial charge in [-0.25, -0.2) is 4.98 Å². The fraction of sp³-hybridized carbons (Fsp3) is 0.500. The first-order valence-electron chi connectivity index (χ1n) is 7.00. The van der Waals surface area contributed by atoms with Crippen molar-refractivity contribution >= 4 is 17.0 Å². The summed E-state index contributed by atoms with van der Waals surface area (Å²) in [6.45, 7) is 8.95. The van der Waals surface area contributed by atoms with Crippen molar-refractivity contribution in [1.29, 1.82) is 0 Å². The minimum Gasteiger partial charge on any atom is -0.481 e. The van der Waals surface area contributed by atoms with Crippen molar-refractivity contribution in [3.63, 3.8) is 0 Å². The number of fused-ring (bicyclic) bond motifs is 1. The Bertz CT molecular complexity index is 641. The van der Waals surface area contributed by atoms with E-state index < -0.39 is 5.97 Å². The summed E-state index contributed by atoms with van der Waals surface area (Å²) in [6.07, 6.45) is 0.819. The van der Waals surface area contributed by atoms with Gasteiger partial charge in [-0.2, -0.15) is 0 Å². The SMILES string of the molecule is CCn1c(CC(C)(C)CC(=O)O)nc2cc(C)ccc21. The average Bonchev–Trinajstić information content (AvgIpc) is 2.62. The zero-order chi connectivity index (χ0) is 14.9. The van der Waals surface area contributed by atoms with Crippen molar-refractivity contribution in [2.75, 3.05) is 0 Å². The predicted octanol–water partition coefficient (Wildman–Crippen LogP) is 3.41. The lowest BCUT2D eigenvalue weighted by Crippen LogP contribution is -2.21. The highest BCUT2D eigenvalue weighted by atomic mass is 16.4. The van der Waals surface area contributed by atoms with E-state index in [4.69, 9.17) is 10.1 Å². The molecule has 0 aliphatic heterocycles. The molecule has 2 aromatic rings. The molecule has 20 heavy (non-hydrogen) atoms. The third-order valence-electron chi connectivity index (χ3n) is 3.57. The van der Waals surface area contributed by atoms with E-state index in [1.54, 1.807) is 0 Å². The summed E-state index contributed by atoms with van der Waals surface area (Å²) in [5, 5.41) is 9.00. The number of imidazole rings is 1. The van der Waals surface area contributed by atoms with Crippen LogP contribution in [0, 0.1) is 12.3 Å². The Labute approximate surface area is 119 Å². The fourth-order valence-electron chi connectivity index (χ4n) is 2.68. The molecule has 4 heteroatoms. The first-order chi connectivity index (χ1) is 9.32. The Morgan fingerprint density at radius 1 is 1.40 bits per heavy atom. The maximum absolute atomic E-state index is 10.9. The summed E-state index contributed by atoms with van der Waals surface area (Å²) < 4.78 is 2.18. The second kappa shape index (κ2) is 5.27. The molecule has 1 N–H and O–H groups in total. The van der Waals surface area contributed by atoms with Gasteiger partial charge in [-0.15, -0.1) is 0 Å². The highest BCUT2D eigenvalue weighted by molar-refractivity contribution is 5.77. The van der Waals surface area contributed by atoms with Gasteiger partial charge in [0.2, 0.25) is 0 Å². The highest BCUT2D eigenvalue weighted by Crippen LogP contribution is 2.28. The van der Waals surface area contributed by atoms with Crippen LogP contribution in [0.3, 0.4) is 0 Å². The van der Waals surface area contributed by atoms with E-state index in [1.807, 2.05) is 13.8 Å². The third-order valence-corrected chi connectivity index (χ3v) is 3.57. The zero-order valence-electron chi connectivity index (χ0n) is 12.6. The molecule has 0 bridgehead atoms. The fourth-order valence-corrected chi connectivity index (χ4v) is 2.68. The van der Waals surface area contributed by atoms with Crippen LogP contribution in [0.5, 0.6) is 0 Å². The van der Waals surface area contributed by atoms with E-state index in [2.05, 4.69) is 36.6 Å². The van der Waals surface area contributed by atoms with Crippen LogP contribution < -0.4 is 0 Å². The Morgan fingerprint density at radius 3 is 2.70 bits per heavy atom. The maximum atomic E-state index is 10.9. The summed E-state index contributed by atoms with van der Waals surface area (Å²) >= 11 is 0. The molecule has 0 radical (unpaired) electrons. The van der Waals surface area contributed by atoms with Crippen LogP contribution in [0.2, 0.25) is 0 Å². The van der Waals surface area contributed by atoms with Gasteiger partial charge in [0.05, 0.1) is 17.5 Å². The number of aryl methyl sites for hydroxylation is 2. The molecule has 2 rings (SSSR count). The number of aromatic nitrogens is 2. The first-order valence-corrected chi connectivity index (χ1v) is 7.00. The third kappa shape index (κ3) is 3.00. The van der Waals surface area contributed by atoms with Crippen LogP contribution in [-0.2, 0) is 17.8 Å². The summed E-state index contributed by atoms with van der Waals surface area (Å²) in [6, 6.07) is 6.26. The molecular weight excluding hydrogens is 252 g/mol. The molecule has 0 amide bonds. The van der Waals surface area contributed by atoms with Crippen molar-refractivity contribution in [3.8, 4) is 0 Å². The van der Waals surface area contributed by atoms with Crippen LogP contribution in [-0.4, -0.2) is 20.6 Å². The van der Waals surface area contributed by atoms with Crippen LogP contribution in [0.25, 0.3) is 11.0 Å². The van der Waals surface area contributed by atoms with Crippen molar-refractivity contribution in [2.24, 2.45) is 5.41 Å². The normalized spacial score (nSPS) is 12.0. The van der Waals surface area contributed by atoms with E-state index >= 15 is 0 Å². The van der Waals surface area contributed by atoms with E-state index in [1.165, 1.54) is 5.56 Å². The second-order valence-electron chi connectivity index (χ2n) is 6.18. The Kier molecular flexibility index (Phi) is 3.84. The van der Waals surface area contributed by atoms with Gasteiger partial charge in [-0.3, -0.25) is 4.79 Å². The number of benzene rings is 1. The Morgan fingerprint density at radius 2 is 2.10 bits per heavy atom. The topological polar surface area (TPSA) is 55.1 Å². The van der Waals surface area contributed by atoms with Crippen molar-refractivity contribution in [2.45, 2.75) is 47.1 Å². The molecule has 108 valence electrons. The molecular formula is C16H22N2O2. The van der Waals surface area contributed by atoms with Gasteiger partial charge >= 0.3 is 5.97 Å². The number of hydrogen-bond donors (Lipinski definition) is 1. The van der Waals surface area contributed by atoms with E-state index in [0.717, 1.165) is 23.4 Å². The molecule has 0 saturated carbocycles. The lowest BCUT2D eigenvalue weighted by molar-refractivity contribution is -0.139. The molecule has 1 heterocycles. The van der Waals surface area contributed by atoms with Crippen LogP contribution >= 0.6 is 0 Å². The number of rotatable bonds is 5. The minimum absolute atomic E-state index is 0.152. The first kappa shape index (κ1) is 14.6. The number of aliphatic carboxylic acids is 1. The number of carboxylic acids is 1. The summed E-state index contributed by atoms with van der Waals surface area (Å²) in [5.41, 5.74) is 3.01. The van der Waals surface area contributed by atoms with Gasteiger partial charge in [-0.05, 0) is 37.0 Å². The number of carboxylic acid groups (broad SMARTS) is 1. The Hall–Kier alpha value is -1.84. The number of nitrogens with zero attached hydrogens (tertiary/aromatic N) is 2. The quantitative estimate of drug-likeness (QED) is 0.909. The number of carbonyl (C=O) groups is 1. The van der Waals surface area contributed by atoms with Gasteiger partial charge in [-0.1, -0.05) is 19.9 Å². The van der Waals surface area contributed by atoms with Crippen molar-refractivity contribution in [1.82, 2.24) is 9.55 Å². The van der Waals surface area contributed by atoms with Gasteiger partial charge in [0, 0.05) is 13.0 Å².